The molecule has 0 radical (unpaired) electrons. The van der Waals surface area contributed by atoms with Crippen molar-refractivity contribution < 1.29 is 69.2 Å². The summed E-state index contributed by atoms with van der Waals surface area (Å²) in [7, 11) is 2.92. The summed E-state index contributed by atoms with van der Waals surface area (Å²) in [5.74, 6) is -6.97. The van der Waals surface area contributed by atoms with E-state index in [0.29, 0.717) is 22.1 Å². The van der Waals surface area contributed by atoms with Gasteiger partial charge in [0.15, 0.2) is 0 Å². The lowest BCUT2D eigenvalue weighted by Crippen LogP contribution is -2.27. The Balaban J connectivity index is 0.817. The van der Waals surface area contributed by atoms with Crippen molar-refractivity contribution in [3.8, 4) is 46.4 Å². The Hall–Kier alpha value is -11.3. The van der Waals surface area contributed by atoms with Gasteiger partial charge in [-0.1, -0.05) is 24.3 Å². The van der Waals surface area contributed by atoms with Gasteiger partial charge < -0.3 is 42.6 Å². The maximum atomic E-state index is 16.4. The van der Waals surface area contributed by atoms with E-state index in [1.807, 2.05) is 12.1 Å². The van der Waals surface area contributed by atoms with Crippen LogP contribution in [0.25, 0.3) is 44.6 Å². The van der Waals surface area contributed by atoms with E-state index in [2.05, 4.69) is 9.97 Å². The van der Waals surface area contributed by atoms with E-state index in [-0.39, 0.29) is 154 Å². The number of fused-ring (bicyclic) bond motifs is 2. The number of nitriles is 2. The standard InChI is InChI=1S/C70H54F6N10O9/c1-37(87)83-31-61(63(33-83)91-3)85-59-23-41(15-17-57(59)79-65(85)25-45-21-53(75)47(27-51(45)73)55-7-5-9-67(81-55)93-35-43-13-11-39(29-77)19-49(43)71)69(89)95-70(90)42-16-18-58-60(24-42)86(62-32-84(38(2)88)34-64(62)92-4)66(80-58)26-46-22-54(76)48(28-52(46)74)56-8-6-10-68(82-56)94-36-44-14-12-40(30-78)20-50(44)72/h5-24,27-28,61-64H,25-26,31-36H2,1-4H3/t61-,62-,63-,64-/m0/s1. The molecule has 0 unspecified atom stereocenters. The van der Waals surface area contributed by atoms with Crippen LogP contribution < -0.4 is 9.47 Å². The van der Waals surface area contributed by atoms with Crippen LogP contribution in [0.2, 0.25) is 0 Å². The normalized spacial score (nSPS) is 16.1. The van der Waals surface area contributed by atoms with E-state index in [9.17, 15) is 28.0 Å². The summed E-state index contributed by atoms with van der Waals surface area (Å²) in [6, 6.07) is 31.6. The summed E-state index contributed by atoms with van der Waals surface area (Å²) < 4.78 is 127. The van der Waals surface area contributed by atoms with Crippen LogP contribution in [0.3, 0.4) is 0 Å². The van der Waals surface area contributed by atoms with Crippen molar-refractivity contribution in [2.24, 2.45) is 0 Å². The number of likely N-dealkylation sites (tertiary alicyclic amines) is 2. The summed E-state index contributed by atoms with van der Waals surface area (Å²) in [6.07, 6.45) is -1.88. The third-order valence-corrected chi connectivity index (χ3v) is 16.9. The second-order valence-corrected chi connectivity index (χ2v) is 22.7. The first kappa shape index (κ1) is 63.9. The number of hydrogen-bond acceptors (Lipinski definition) is 15. The zero-order chi connectivity index (χ0) is 66.9. The fraction of sp³-hybridized carbons (Fsp3) is 0.229. The Kier molecular flexibility index (Phi) is 18.0. The van der Waals surface area contributed by atoms with Gasteiger partial charge in [-0.05, 0) is 108 Å². The van der Waals surface area contributed by atoms with Crippen molar-refractivity contribution in [1.29, 1.82) is 10.5 Å². The van der Waals surface area contributed by atoms with E-state index in [4.69, 9.17) is 44.2 Å². The third kappa shape index (κ3) is 13.1. The molecule has 0 bridgehead atoms. The second-order valence-electron chi connectivity index (χ2n) is 22.7. The van der Waals surface area contributed by atoms with Crippen LogP contribution in [0, 0.1) is 57.6 Å². The molecule has 2 aliphatic rings. The second kappa shape index (κ2) is 26.7. The van der Waals surface area contributed by atoms with E-state index in [1.54, 1.807) is 18.9 Å². The molecule has 4 atom stereocenters. The molecule has 2 fully saturated rings. The smallest absolute Gasteiger partial charge is 0.346 e. The minimum absolute atomic E-state index is 0.00689. The summed E-state index contributed by atoms with van der Waals surface area (Å²) >= 11 is 0. The fourth-order valence-corrected chi connectivity index (χ4v) is 12.0. The molecule has 2 aliphatic heterocycles. The highest BCUT2D eigenvalue weighted by Crippen LogP contribution is 2.37. The lowest BCUT2D eigenvalue weighted by atomic mass is 10.0. The van der Waals surface area contributed by atoms with Crippen LogP contribution >= 0.6 is 0 Å². The minimum atomic E-state index is -1.09. The number of imidazole rings is 2. The van der Waals surface area contributed by atoms with Gasteiger partial charge in [-0.3, -0.25) is 9.59 Å². The Morgan fingerprint density at radius 3 is 1.27 bits per heavy atom. The van der Waals surface area contributed by atoms with Gasteiger partial charge in [-0.15, -0.1) is 0 Å². The van der Waals surface area contributed by atoms with Crippen LogP contribution in [0.1, 0.15) is 91.7 Å². The number of carbonyl (C=O) groups excluding carboxylic acids is 4. The zero-order valence-corrected chi connectivity index (χ0v) is 51.1. The number of amides is 2. The highest BCUT2D eigenvalue weighted by Gasteiger charge is 2.40. The molecule has 4 aromatic heterocycles. The number of pyridine rings is 2. The summed E-state index contributed by atoms with van der Waals surface area (Å²) in [5.41, 5.74) is 0.918. The average molecular weight is 1290 g/mol. The molecule has 10 aromatic rings. The first-order valence-electron chi connectivity index (χ1n) is 29.7. The molecule has 2 amide bonds. The van der Waals surface area contributed by atoms with Crippen molar-refractivity contribution >= 4 is 45.8 Å². The van der Waals surface area contributed by atoms with E-state index in [1.165, 1.54) is 125 Å². The number of halogens is 6. The van der Waals surface area contributed by atoms with Crippen LogP contribution in [0.4, 0.5) is 26.3 Å². The molecule has 0 spiro atoms. The number of nitrogens with zero attached hydrogens (tertiary/aromatic N) is 10. The van der Waals surface area contributed by atoms with Gasteiger partial charge in [0.05, 0.1) is 92.1 Å². The van der Waals surface area contributed by atoms with Gasteiger partial charge in [-0.25, -0.2) is 55.9 Å². The lowest BCUT2D eigenvalue weighted by Gasteiger charge is -2.22. The largest absolute Gasteiger partial charge is 0.473 e. The predicted molar refractivity (Wildman–Crippen MR) is 329 cm³/mol. The van der Waals surface area contributed by atoms with Crippen LogP contribution in [0.5, 0.6) is 11.8 Å². The molecule has 0 aliphatic carbocycles. The van der Waals surface area contributed by atoms with Gasteiger partial charge in [-0.2, -0.15) is 10.5 Å². The quantitative estimate of drug-likeness (QED) is 0.0442. The SMILES string of the molecule is CO[C@H]1CN(C(C)=O)C[C@@H]1n1c(Cc2cc(F)c(-c3cccc(OCc4ccc(C#N)cc4F)n3)cc2F)nc2ccc(C(=O)OC(=O)c3ccc4nc(Cc5cc(F)c(-c6cccc(OCc7ccc(C#N)cc7F)n6)cc5F)n([C@H]5CN(C(C)=O)C[C@@H]5OC)c4c3)cc21. The molecule has 0 N–H and O–H groups in total. The highest BCUT2D eigenvalue weighted by molar-refractivity contribution is 6.05. The first-order valence-corrected chi connectivity index (χ1v) is 29.7. The number of carbonyl (C=O) groups is 4. The van der Waals surface area contributed by atoms with Crippen molar-refractivity contribution in [3.05, 3.63) is 225 Å². The van der Waals surface area contributed by atoms with Crippen molar-refractivity contribution in [3.63, 3.8) is 0 Å². The van der Waals surface area contributed by atoms with Crippen molar-refractivity contribution in [1.82, 2.24) is 38.9 Å². The molecule has 480 valence electrons. The van der Waals surface area contributed by atoms with Crippen LogP contribution in [-0.2, 0) is 49.9 Å². The Morgan fingerprint density at radius 1 is 0.484 bits per heavy atom. The molecule has 0 saturated carbocycles. The molecule has 2 saturated heterocycles. The number of benzene rings is 6. The fourth-order valence-electron chi connectivity index (χ4n) is 12.0. The summed E-state index contributed by atoms with van der Waals surface area (Å²) in [6.45, 7) is 2.80. The number of aromatic nitrogens is 6. The Labute approximate surface area is 537 Å². The molecule has 12 rings (SSSR count). The molecular weight excluding hydrogens is 1240 g/mol. The minimum Gasteiger partial charge on any atom is -0.473 e. The van der Waals surface area contributed by atoms with Gasteiger partial charge in [0, 0.05) is 101 Å². The number of rotatable bonds is 18. The molecule has 25 heteroatoms. The maximum absolute atomic E-state index is 16.4. The number of esters is 2. The van der Waals surface area contributed by atoms with Crippen LogP contribution in [-0.4, -0.2) is 115 Å². The molecule has 6 heterocycles. The number of ether oxygens (including phenoxy) is 5. The van der Waals surface area contributed by atoms with Gasteiger partial charge in [0.1, 0.15) is 59.8 Å². The topological polar surface area (TPSA) is 230 Å². The number of hydrogen-bond donors (Lipinski definition) is 0. The summed E-state index contributed by atoms with van der Waals surface area (Å²) in [5, 5.41) is 18.2. The highest BCUT2D eigenvalue weighted by atomic mass is 19.1. The molecular formula is C70H54F6N10O9. The van der Waals surface area contributed by atoms with E-state index < -0.39 is 71.1 Å². The molecule has 95 heavy (non-hydrogen) atoms. The maximum Gasteiger partial charge on any atom is 0.346 e. The van der Waals surface area contributed by atoms with Gasteiger partial charge in [0.2, 0.25) is 23.6 Å². The first-order chi connectivity index (χ1) is 45.8. The molecule has 6 aromatic carbocycles. The predicted octanol–water partition coefficient (Wildman–Crippen LogP) is 11.3. The summed E-state index contributed by atoms with van der Waals surface area (Å²) in [4.78, 5) is 75.5. The van der Waals surface area contributed by atoms with Gasteiger partial charge in [0.25, 0.3) is 0 Å². The number of methoxy groups -OCH3 is 2. The zero-order valence-electron chi connectivity index (χ0n) is 51.1. The Morgan fingerprint density at radius 2 is 0.895 bits per heavy atom. The molecule has 19 nitrogen and oxygen atoms in total. The van der Waals surface area contributed by atoms with Crippen molar-refractivity contribution in [2.45, 2.75) is 64.2 Å². The van der Waals surface area contributed by atoms with Crippen molar-refractivity contribution in [2.75, 3.05) is 40.4 Å². The van der Waals surface area contributed by atoms with E-state index in [0.717, 1.165) is 36.4 Å². The third-order valence-electron chi connectivity index (χ3n) is 16.9. The average Bonchev–Trinajstić information content (AvgIpc) is 1.63. The van der Waals surface area contributed by atoms with Gasteiger partial charge >= 0.3 is 11.9 Å². The van der Waals surface area contributed by atoms with E-state index >= 15 is 17.6 Å². The lowest BCUT2D eigenvalue weighted by molar-refractivity contribution is -0.129. The Bertz CT molecular complexity index is 4540. The van der Waals surface area contributed by atoms with Crippen LogP contribution in [0.15, 0.2) is 133 Å². The monoisotopic (exact) mass is 1290 g/mol.